The Bertz CT molecular complexity index is 51.7. The van der Waals surface area contributed by atoms with Gasteiger partial charge in [-0.15, -0.1) is 0 Å². The van der Waals surface area contributed by atoms with Crippen molar-refractivity contribution in [1.29, 1.82) is 0 Å². The number of hydrogen-bond acceptors (Lipinski definition) is 3. The van der Waals surface area contributed by atoms with Gasteiger partial charge >= 0.3 is 0 Å². The Labute approximate surface area is 42.8 Å². The smallest absolute Gasteiger partial charge is 0.173 e. The highest BCUT2D eigenvalue weighted by molar-refractivity contribution is 4.75. The molecule has 1 fully saturated rings. The normalized spacial score (nSPS) is 25.3. The highest BCUT2D eigenvalue weighted by Gasteiger charge is 2.06. The van der Waals surface area contributed by atoms with Crippen LogP contribution in [0.5, 0.6) is 0 Å². The maximum atomic E-state index is 5.27. The van der Waals surface area contributed by atoms with Crippen LogP contribution in [-0.4, -0.2) is 19.7 Å². The number of rotatable bonds is 0. The van der Waals surface area contributed by atoms with Crippen LogP contribution >= 0.6 is 0 Å². The quantitative estimate of drug-likeness (QED) is 0.414. The minimum atomic E-state index is 0.603. The minimum absolute atomic E-state index is 0.603. The Morgan fingerprint density at radius 1 is 1.71 bits per heavy atom. The summed E-state index contributed by atoms with van der Waals surface area (Å²) in [4.78, 5) is 0. The van der Waals surface area contributed by atoms with Crippen LogP contribution in [0.3, 0.4) is 0 Å². The van der Waals surface area contributed by atoms with E-state index in [1.807, 2.05) is 0 Å². The Morgan fingerprint density at radius 2 is 2.57 bits per heavy atom. The second-order valence-corrected chi connectivity index (χ2v) is 1.49. The van der Waals surface area contributed by atoms with Gasteiger partial charge in [-0.25, -0.2) is 0 Å². The molecule has 0 atom stereocenters. The van der Waals surface area contributed by atoms with E-state index in [1.165, 1.54) is 0 Å². The summed E-state index contributed by atoms with van der Waals surface area (Å²) in [5, 5.41) is 3.05. The van der Waals surface area contributed by atoms with Crippen molar-refractivity contribution in [3.05, 3.63) is 6.23 Å². The van der Waals surface area contributed by atoms with Crippen LogP contribution in [0.1, 0.15) is 0 Å². The first-order valence-electron chi connectivity index (χ1n) is 2.34. The molecule has 0 aromatic heterocycles. The molecule has 41 valence electrons. The maximum absolute atomic E-state index is 5.27. The van der Waals surface area contributed by atoms with Crippen molar-refractivity contribution in [3.8, 4) is 0 Å². The van der Waals surface area contributed by atoms with Crippen LogP contribution in [0.2, 0.25) is 0 Å². The van der Waals surface area contributed by atoms with E-state index >= 15 is 0 Å². The van der Waals surface area contributed by atoms with Crippen LogP contribution in [0.4, 0.5) is 0 Å². The molecule has 0 aromatic rings. The first-order valence-corrected chi connectivity index (χ1v) is 2.34. The van der Waals surface area contributed by atoms with E-state index in [4.69, 9.17) is 10.5 Å². The van der Waals surface area contributed by atoms with Crippen molar-refractivity contribution < 1.29 is 4.74 Å². The molecule has 1 heterocycles. The van der Waals surface area contributed by atoms with Gasteiger partial charge in [0.15, 0.2) is 6.23 Å². The number of morpholine rings is 1. The first kappa shape index (κ1) is 5.03. The number of nitrogens with two attached hydrogens (primary N) is 1. The molecule has 0 spiro atoms. The number of nitrogens with one attached hydrogen (secondary N) is 1. The topological polar surface area (TPSA) is 47.3 Å². The van der Waals surface area contributed by atoms with E-state index in [1.54, 1.807) is 0 Å². The van der Waals surface area contributed by atoms with E-state index in [9.17, 15) is 0 Å². The monoisotopic (exact) mass is 101 g/mol. The molecule has 1 radical (unpaired) electrons. The molecule has 3 N–H and O–H groups in total. The third-order valence-electron chi connectivity index (χ3n) is 0.866. The minimum Gasteiger partial charge on any atom is -0.354 e. The lowest BCUT2D eigenvalue weighted by atomic mass is 10.5. The summed E-state index contributed by atoms with van der Waals surface area (Å²) < 4.78 is 4.91. The number of hydrogen-bond donors (Lipinski definition) is 2. The van der Waals surface area contributed by atoms with Gasteiger partial charge < -0.3 is 10.1 Å². The molecule has 0 aliphatic carbocycles. The molecule has 0 amide bonds. The molecular weight excluding hydrogens is 92.1 g/mol. The molecule has 3 heteroatoms. The third kappa shape index (κ3) is 1.43. The predicted octanol–water partition coefficient (Wildman–Crippen LogP) is -0.946. The van der Waals surface area contributed by atoms with Gasteiger partial charge in [-0.1, -0.05) is 0 Å². The Hall–Kier alpha value is -0.120. The summed E-state index contributed by atoms with van der Waals surface area (Å²) in [5.74, 6) is 0. The number of ether oxygens (including phenoxy) is 1. The summed E-state index contributed by atoms with van der Waals surface area (Å²) in [6.07, 6.45) is 0.603. The molecule has 3 nitrogen and oxygen atoms in total. The maximum Gasteiger partial charge on any atom is 0.173 e. The SMILES string of the molecule is N[C]1CNCCO1. The lowest BCUT2D eigenvalue weighted by Crippen LogP contribution is -2.37. The molecule has 0 unspecified atom stereocenters. The molecule has 1 rings (SSSR count). The predicted molar refractivity (Wildman–Crippen MR) is 26.3 cm³/mol. The summed E-state index contributed by atoms with van der Waals surface area (Å²) in [5.41, 5.74) is 5.27. The molecule has 0 saturated carbocycles. The second-order valence-electron chi connectivity index (χ2n) is 1.49. The summed E-state index contributed by atoms with van der Waals surface area (Å²) in [6.45, 7) is 2.34. The van der Waals surface area contributed by atoms with Crippen molar-refractivity contribution in [1.82, 2.24) is 5.32 Å². The van der Waals surface area contributed by atoms with Crippen molar-refractivity contribution in [2.45, 2.75) is 0 Å². The van der Waals surface area contributed by atoms with Gasteiger partial charge in [-0.05, 0) is 0 Å². The Kier molecular flexibility index (Phi) is 1.62. The second kappa shape index (κ2) is 2.26. The van der Waals surface area contributed by atoms with Crippen LogP contribution in [0.15, 0.2) is 0 Å². The zero-order valence-electron chi connectivity index (χ0n) is 4.11. The van der Waals surface area contributed by atoms with Gasteiger partial charge in [0.1, 0.15) is 0 Å². The summed E-state index contributed by atoms with van der Waals surface area (Å²) >= 11 is 0. The lowest BCUT2D eigenvalue weighted by Gasteiger charge is -2.17. The molecule has 7 heavy (non-hydrogen) atoms. The highest BCUT2D eigenvalue weighted by Crippen LogP contribution is 1.92. The third-order valence-corrected chi connectivity index (χ3v) is 0.866. The fourth-order valence-electron chi connectivity index (χ4n) is 0.517. The average molecular weight is 101 g/mol. The van der Waals surface area contributed by atoms with Gasteiger partial charge in [0.2, 0.25) is 0 Å². The molecule has 1 saturated heterocycles. The van der Waals surface area contributed by atoms with Gasteiger partial charge in [0, 0.05) is 13.1 Å². The van der Waals surface area contributed by atoms with E-state index in [2.05, 4.69) is 5.32 Å². The van der Waals surface area contributed by atoms with Gasteiger partial charge in [0.05, 0.1) is 6.61 Å². The zero-order chi connectivity index (χ0) is 5.11. The Balaban J connectivity index is 2.12. The molecule has 0 bridgehead atoms. The fraction of sp³-hybridized carbons (Fsp3) is 0.750. The van der Waals surface area contributed by atoms with Gasteiger partial charge in [-0.3, -0.25) is 5.73 Å². The zero-order valence-corrected chi connectivity index (χ0v) is 4.11. The standard InChI is InChI=1S/C4H9N2O/c5-4-3-6-1-2-7-4/h6H,1-3,5H2. The van der Waals surface area contributed by atoms with E-state index in [-0.39, 0.29) is 0 Å². The average Bonchev–Trinajstić information content (AvgIpc) is 1.69. The van der Waals surface area contributed by atoms with Crippen LogP contribution in [0.25, 0.3) is 0 Å². The first-order chi connectivity index (χ1) is 3.39. The van der Waals surface area contributed by atoms with Crippen LogP contribution < -0.4 is 11.1 Å². The van der Waals surface area contributed by atoms with Crippen molar-refractivity contribution in [2.24, 2.45) is 5.73 Å². The molecule has 1 aliphatic rings. The van der Waals surface area contributed by atoms with Crippen LogP contribution in [0, 0.1) is 6.23 Å². The van der Waals surface area contributed by atoms with Crippen molar-refractivity contribution >= 4 is 0 Å². The van der Waals surface area contributed by atoms with Gasteiger partial charge in [-0.2, -0.15) is 0 Å². The lowest BCUT2D eigenvalue weighted by molar-refractivity contribution is 0.113. The molecule has 1 aliphatic heterocycles. The van der Waals surface area contributed by atoms with Crippen LogP contribution in [-0.2, 0) is 4.74 Å². The van der Waals surface area contributed by atoms with Crippen molar-refractivity contribution in [2.75, 3.05) is 19.7 Å². The van der Waals surface area contributed by atoms with Crippen molar-refractivity contribution in [3.63, 3.8) is 0 Å². The van der Waals surface area contributed by atoms with E-state index < -0.39 is 0 Å². The van der Waals surface area contributed by atoms with Gasteiger partial charge in [0.25, 0.3) is 0 Å². The fourth-order valence-corrected chi connectivity index (χ4v) is 0.517. The highest BCUT2D eigenvalue weighted by atomic mass is 16.5. The largest absolute Gasteiger partial charge is 0.354 e. The molecular formula is C4H9N2O. The van der Waals surface area contributed by atoms with E-state index in [0.29, 0.717) is 19.4 Å². The Morgan fingerprint density at radius 3 is 2.86 bits per heavy atom. The van der Waals surface area contributed by atoms with E-state index in [0.717, 1.165) is 6.54 Å². The summed E-state index contributed by atoms with van der Waals surface area (Å²) in [6, 6.07) is 0. The summed E-state index contributed by atoms with van der Waals surface area (Å²) in [7, 11) is 0. The molecule has 0 aromatic carbocycles.